The van der Waals surface area contributed by atoms with Gasteiger partial charge in [0.15, 0.2) is 0 Å². The summed E-state index contributed by atoms with van der Waals surface area (Å²) in [5, 5.41) is 0. The molecule has 0 aromatic rings. The van der Waals surface area contributed by atoms with Crippen molar-refractivity contribution in [3.63, 3.8) is 0 Å². The first-order chi connectivity index (χ1) is 14.8. The minimum Gasteiger partial charge on any atom is -0.300 e. The summed E-state index contributed by atoms with van der Waals surface area (Å²) < 4.78 is 0. The molecule has 0 N–H and O–H groups in total. The Morgan fingerprint density at radius 3 is 1.31 bits per heavy atom. The van der Waals surface area contributed by atoms with E-state index in [2.05, 4.69) is 55.4 Å². The van der Waals surface area contributed by atoms with Gasteiger partial charge < -0.3 is 0 Å². The van der Waals surface area contributed by atoms with E-state index in [1.54, 1.807) is 22.3 Å². The molecule has 180 valence electrons. The molecule has 0 aromatic heterocycles. The topological polar surface area (TPSA) is 17.1 Å². The molecule has 0 radical (unpaired) electrons. The maximum atomic E-state index is 13.3. The smallest absolute Gasteiger partial charge is 0.133 e. The van der Waals surface area contributed by atoms with Crippen LogP contribution in [0.5, 0.6) is 0 Å². The number of ketones is 1. The maximum absolute atomic E-state index is 13.3. The fourth-order valence-corrected chi connectivity index (χ4v) is 7.96. The van der Waals surface area contributed by atoms with Crippen molar-refractivity contribution >= 4 is 5.78 Å². The average Bonchev–Trinajstić information content (AvgIpc) is 3.35. The minimum atomic E-state index is 0.340. The second kappa shape index (κ2) is 8.13. The summed E-state index contributed by atoms with van der Waals surface area (Å²) >= 11 is 0. The van der Waals surface area contributed by atoms with Crippen molar-refractivity contribution in [2.24, 2.45) is 33.5 Å². The molecule has 4 atom stereocenters. The summed E-state index contributed by atoms with van der Waals surface area (Å²) in [7, 11) is 0. The lowest BCUT2D eigenvalue weighted by Gasteiger charge is -2.43. The van der Waals surface area contributed by atoms with Crippen molar-refractivity contribution in [2.45, 2.75) is 132 Å². The summed E-state index contributed by atoms with van der Waals surface area (Å²) in [6.07, 6.45) is 14.1. The van der Waals surface area contributed by atoms with Gasteiger partial charge in [0.2, 0.25) is 0 Å². The van der Waals surface area contributed by atoms with E-state index >= 15 is 0 Å². The number of carbonyl (C=O) groups is 1. The van der Waals surface area contributed by atoms with E-state index in [1.807, 2.05) is 0 Å². The second-order valence-electron chi connectivity index (χ2n) is 14.0. The van der Waals surface area contributed by atoms with Gasteiger partial charge in [0.25, 0.3) is 0 Å². The van der Waals surface area contributed by atoms with Crippen LogP contribution in [0.2, 0.25) is 0 Å². The summed E-state index contributed by atoms with van der Waals surface area (Å²) in [5.41, 5.74) is 8.38. The molecule has 1 nitrogen and oxygen atoms in total. The maximum Gasteiger partial charge on any atom is 0.133 e. The van der Waals surface area contributed by atoms with Crippen molar-refractivity contribution in [3.8, 4) is 0 Å². The van der Waals surface area contributed by atoms with Crippen LogP contribution in [-0.2, 0) is 4.79 Å². The highest BCUT2D eigenvalue weighted by atomic mass is 16.1. The summed E-state index contributed by atoms with van der Waals surface area (Å²) in [4.78, 5) is 13.3. The van der Waals surface area contributed by atoms with Gasteiger partial charge in [-0.3, -0.25) is 4.79 Å². The normalized spacial score (nSPS) is 38.1. The molecular weight excluding hydrogens is 388 g/mol. The SMILES string of the molecule is CCC1(C)CCC(C)(C)C2=C1CC(CC(=O)CC1CC3=C(C1)C(C)(CC)CCC3(C)C)C2. The highest BCUT2D eigenvalue weighted by Gasteiger charge is 2.47. The van der Waals surface area contributed by atoms with Crippen LogP contribution >= 0.6 is 0 Å². The van der Waals surface area contributed by atoms with Gasteiger partial charge in [-0.1, -0.05) is 77.7 Å². The Bertz CT molecular complexity index is 769. The first-order valence-electron chi connectivity index (χ1n) is 13.8. The predicted octanol–water partition coefficient (Wildman–Crippen LogP) is 9.22. The van der Waals surface area contributed by atoms with Gasteiger partial charge in [-0.15, -0.1) is 0 Å². The lowest BCUT2D eigenvalue weighted by molar-refractivity contribution is -0.120. The fraction of sp³-hybridized carbons (Fsp3) is 0.839. The summed E-state index contributed by atoms with van der Waals surface area (Å²) in [6, 6.07) is 0. The summed E-state index contributed by atoms with van der Waals surface area (Å²) in [6.45, 7) is 19.5. The summed E-state index contributed by atoms with van der Waals surface area (Å²) in [5.74, 6) is 1.68. The predicted molar refractivity (Wildman–Crippen MR) is 137 cm³/mol. The highest BCUT2D eigenvalue weighted by Crippen LogP contribution is 2.59. The van der Waals surface area contributed by atoms with Crippen LogP contribution in [0.25, 0.3) is 0 Å². The molecule has 0 saturated heterocycles. The van der Waals surface area contributed by atoms with E-state index in [0.29, 0.717) is 39.3 Å². The first kappa shape index (κ1) is 24.3. The molecule has 4 aliphatic rings. The zero-order valence-electron chi connectivity index (χ0n) is 22.5. The quantitative estimate of drug-likeness (QED) is 0.378. The average molecular weight is 439 g/mol. The van der Waals surface area contributed by atoms with Gasteiger partial charge in [0.1, 0.15) is 5.78 Å². The van der Waals surface area contributed by atoms with Crippen molar-refractivity contribution in [1.82, 2.24) is 0 Å². The van der Waals surface area contributed by atoms with Crippen molar-refractivity contribution in [3.05, 3.63) is 22.3 Å². The lowest BCUT2D eigenvalue weighted by Crippen LogP contribution is -2.30. The van der Waals surface area contributed by atoms with Crippen LogP contribution < -0.4 is 0 Å². The Labute approximate surface area is 198 Å². The Kier molecular flexibility index (Phi) is 6.17. The third-order valence-corrected chi connectivity index (χ3v) is 11.0. The third-order valence-electron chi connectivity index (χ3n) is 11.0. The molecule has 4 aliphatic carbocycles. The molecule has 0 aliphatic heterocycles. The largest absolute Gasteiger partial charge is 0.300 e. The van der Waals surface area contributed by atoms with Crippen LogP contribution in [0.4, 0.5) is 0 Å². The Hall–Kier alpha value is -0.850. The van der Waals surface area contributed by atoms with E-state index in [1.165, 1.54) is 64.2 Å². The van der Waals surface area contributed by atoms with E-state index < -0.39 is 0 Å². The Balaban J connectivity index is 1.39. The number of Topliss-reactive ketones (excluding diaryl/α,β-unsaturated/α-hetero) is 1. The molecule has 0 aromatic carbocycles. The van der Waals surface area contributed by atoms with Gasteiger partial charge >= 0.3 is 0 Å². The van der Waals surface area contributed by atoms with E-state index in [0.717, 1.165) is 12.8 Å². The molecule has 0 spiro atoms. The third kappa shape index (κ3) is 4.09. The molecule has 32 heavy (non-hydrogen) atoms. The van der Waals surface area contributed by atoms with Crippen LogP contribution in [0, 0.1) is 33.5 Å². The Morgan fingerprint density at radius 1 is 0.625 bits per heavy atom. The number of rotatable bonds is 6. The van der Waals surface area contributed by atoms with Gasteiger partial charge in [0, 0.05) is 12.8 Å². The molecule has 1 heteroatoms. The number of hydrogen-bond donors (Lipinski definition) is 0. The highest BCUT2D eigenvalue weighted by molar-refractivity contribution is 5.79. The van der Waals surface area contributed by atoms with Crippen LogP contribution in [0.15, 0.2) is 22.3 Å². The molecule has 4 unspecified atom stereocenters. The molecule has 4 rings (SSSR count). The van der Waals surface area contributed by atoms with Crippen molar-refractivity contribution < 1.29 is 4.79 Å². The fourth-order valence-electron chi connectivity index (χ4n) is 7.96. The van der Waals surface area contributed by atoms with Crippen LogP contribution in [0.3, 0.4) is 0 Å². The van der Waals surface area contributed by atoms with Crippen molar-refractivity contribution in [2.75, 3.05) is 0 Å². The molecule has 0 bridgehead atoms. The van der Waals surface area contributed by atoms with Gasteiger partial charge in [0.05, 0.1) is 0 Å². The van der Waals surface area contributed by atoms with Gasteiger partial charge in [-0.25, -0.2) is 0 Å². The molecule has 0 amide bonds. The standard InChI is InChI=1S/C31H50O/c1-9-30(7)13-11-28(3,4)24-17-21(19-26(24)30)15-23(32)16-22-18-25-27(20-22)31(8,10-2)14-12-29(25,5)6/h21-22H,9-20H2,1-8H3. The monoisotopic (exact) mass is 438 g/mol. The molecule has 0 saturated carbocycles. The zero-order valence-corrected chi connectivity index (χ0v) is 22.5. The number of allylic oxidation sites excluding steroid dienone is 4. The van der Waals surface area contributed by atoms with E-state index in [-0.39, 0.29) is 0 Å². The molecule has 0 heterocycles. The van der Waals surface area contributed by atoms with Crippen LogP contribution in [-0.4, -0.2) is 5.78 Å². The molecular formula is C31H50O. The second-order valence-corrected chi connectivity index (χ2v) is 14.0. The van der Waals surface area contributed by atoms with Crippen LogP contribution in [0.1, 0.15) is 132 Å². The van der Waals surface area contributed by atoms with Gasteiger partial charge in [-0.05, 0) is 97.7 Å². The van der Waals surface area contributed by atoms with Crippen molar-refractivity contribution in [1.29, 1.82) is 0 Å². The number of carbonyl (C=O) groups excluding carboxylic acids is 1. The van der Waals surface area contributed by atoms with E-state index in [4.69, 9.17) is 0 Å². The molecule has 0 fully saturated rings. The van der Waals surface area contributed by atoms with E-state index in [9.17, 15) is 4.79 Å². The number of hydrogen-bond acceptors (Lipinski definition) is 1. The van der Waals surface area contributed by atoms with Gasteiger partial charge in [-0.2, -0.15) is 0 Å². The Morgan fingerprint density at radius 2 is 0.969 bits per heavy atom. The lowest BCUT2D eigenvalue weighted by atomic mass is 9.62. The first-order valence-corrected chi connectivity index (χ1v) is 13.8. The minimum absolute atomic E-state index is 0.340. The zero-order chi connectivity index (χ0) is 23.5.